The smallest absolute Gasteiger partial charge is 0.220 e. The van der Waals surface area contributed by atoms with Crippen LogP contribution in [-0.2, 0) is 18.3 Å². The Bertz CT molecular complexity index is 1110. The molecule has 2 aromatic heterocycles. The van der Waals surface area contributed by atoms with Crippen molar-refractivity contribution in [1.29, 1.82) is 0 Å². The molecule has 2 N–H and O–H groups in total. The Hall–Kier alpha value is -3.05. The molecule has 148 valence electrons. The summed E-state index contributed by atoms with van der Waals surface area (Å²) in [5.41, 5.74) is 3.32. The van der Waals surface area contributed by atoms with Crippen LogP contribution in [0, 0.1) is 0 Å². The van der Waals surface area contributed by atoms with E-state index in [1.165, 1.54) is 10.9 Å². The third-order valence-electron chi connectivity index (χ3n) is 5.15. The summed E-state index contributed by atoms with van der Waals surface area (Å²) in [6.07, 6.45) is 7.73. The summed E-state index contributed by atoms with van der Waals surface area (Å²) in [5, 5.41) is 5.03. The molecule has 1 amide bonds. The molecule has 6 heteroatoms. The van der Waals surface area contributed by atoms with Crippen molar-refractivity contribution in [3.8, 4) is 0 Å². The second kappa shape index (κ2) is 8.53. The molecule has 0 saturated carbocycles. The number of para-hydroxylation sites is 1. The molecule has 0 fully saturated rings. The van der Waals surface area contributed by atoms with Gasteiger partial charge in [0.15, 0.2) is 0 Å². The van der Waals surface area contributed by atoms with Crippen LogP contribution in [0.4, 0.5) is 0 Å². The van der Waals surface area contributed by atoms with Gasteiger partial charge in [0.2, 0.25) is 5.91 Å². The normalized spacial score (nSPS) is 12.2. The molecular weight excluding hydrogens is 384 g/mol. The lowest BCUT2D eigenvalue weighted by Crippen LogP contribution is -2.31. The highest BCUT2D eigenvalue weighted by atomic mass is 35.5. The lowest BCUT2D eigenvalue weighted by molar-refractivity contribution is -0.121. The number of nitrogens with zero attached hydrogens (tertiary/aromatic N) is 2. The van der Waals surface area contributed by atoms with Crippen LogP contribution < -0.4 is 5.32 Å². The predicted octanol–water partition coefficient (Wildman–Crippen LogP) is 4.78. The zero-order chi connectivity index (χ0) is 20.2. The maximum absolute atomic E-state index is 12.7. The standard InChI is InChI=1S/C23H23ClN4O/c1-28-14-13-25-23(28)22(16-9-11-18(24)12-10-16)27-21(29)8-4-5-17-15-26-20-7-3-2-6-19(17)20/h2-3,6-7,9-15,22,26H,4-5,8H2,1H3,(H,27,29)/t22-/m1/s1. The van der Waals surface area contributed by atoms with Gasteiger partial charge in [0.1, 0.15) is 11.9 Å². The van der Waals surface area contributed by atoms with E-state index in [-0.39, 0.29) is 11.9 Å². The van der Waals surface area contributed by atoms with Crippen molar-refractivity contribution in [3.63, 3.8) is 0 Å². The first-order valence-electron chi connectivity index (χ1n) is 9.69. The molecule has 5 nitrogen and oxygen atoms in total. The SMILES string of the molecule is Cn1ccnc1[C@H](NC(=O)CCCc1c[nH]c2ccccc12)c1ccc(Cl)cc1. The van der Waals surface area contributed by atoms with Gasteiger partial charge in [-0.15, -0.1) is 0 Å². The number of benzene rings is 2. The second-order valence-electron chi connectivity index (χ2n) is 7.16. The zero-order valence-electron chi connectivity index (χ0n) is 16.2. The summed E-state index contributed by atoms with van der Waals surface area (Å²) in [7, 11) is 1.93. The Morgan fingerprint density at radius 2 is 2.00 bits per heavy atom. The number of nitrogens with one attached hydrogen (secondary N) is 2. The van der Waals surface area contributed by atoms with Crippen LogP contribution in [0.1, 0.15) is 35.8 Å². The van der Waals surface area contributed by atoms with E-state index in [9.17, 15) is 4.79 Å². The molecule has 29 heavy (non-hydrogen) atoms. The third-order valence-corrected chi connectivity index (χ3v) is 5.40. The minimum atomic E-state index is -0.312. The number of hydrogen-bond donors (Lipinski definition) is 2. The Balaban J connectivity index is 1.43. The summed E-state index contributed by atoms with van der Waals surface area (Å²) in [6.45, 7) is 0. The van der Waals surface area contributed by atoms with Gasteiger partial charge in [-0.1, -0.05) is 41.9 Å². The van der Waals surface area contributed by atoms with Crippen LogP contribution >= 0.6 is 11.6 Å². The lowest BCUT2D eigenvalue weighted by Gasteiger charge is -2.19. The predicted molar refractivity (Wildman–Crippen MR) is 116 cm³/mol. The van der Waals surface area contributed by atoms with Crippen molar-refractivity contribution in [2.45, 2.75) is 25.3 Å². The number of H-pyrrole nitrogens is 1. The Labute approximate surface area is 174 Å². The zero-order valence-corrected chi connectivity index (χ0v) is 17.0. The van der Waals surface area contributed by atoms with Gasteiger partial charge in [-0.25, -0.2) is 4.98 Å². The number of carbonyl (C=O) groups is 1. The van der Waals surface area contributed by atoms with Crippen LogP contribution in [-0.4, -0.2) is 20.4 Å². The van der Waals surface area contributed by atoms with Crippen molar-refractivity contribution >= 4 is 28.4 Å². The van der Waals surface area contributed by atoms with E-state index >= 15 is 0 Å². The van der Waals surface area contributed by atoms with Gasteiger partial charge in [0.05, 0.1) is 0 Å². The monoisotopic (exact) mass is 406 g/mol. The van der Waals surface area contributed by atoms with Gasteiger partial charge in [0.25, 0.3) is 0 Å². The Morgan fingerprint density at radius 1 is 1.21 bits per heavy atom. The van der Waals surface area contributed by atoms with Crippen LogP contribution in [0.15, 0.2) is 67.1 Å². The summed E-state index contributed by atoms with van der Waals surface area (Å²) < 4.78 is 1.92. The van der Waals surface area contributed by atoms with Crippen molar-refractivity contribution in [2.24, 2.45) is 7.05 Å². The van der Waals surface area contributed by atoms with Gasteiger partial charge in [-0.3, -0.25) is 4.79 Å². The molecule has 0 aliphatic carbocycles. The molecule has 0 bridgehead atoms. The van der Waals surface area contributed by atoms with Crippen LogP contribution in [0.25, 0.3) is 10.9 Å². The van der Waals surface area contributed by atoms with Crippen molar-refractivity contribution in [2.75, 3.05) is 0 Å². The average Bonchev–Trinajstić information content (AvgIpc) is 3.33. The van der Waals surface area contributed by atoms with Gasteiger partial charge >= 0.3 is 0 Å². The number of amides is 1. The fourth-order valence-corrected chi connectivity index (χ4v) is 3.74. The first kappa shape index (κ1) is 19.3. The molecule has 4 aromatic rings. The molecule has 0 aliphatic rings. The first-order valence-corrected chi connectivity index (χ1v) is 10.1. The Kier molecular flexibility index (Phi) is 5.67. The quantitative estimate of drug-likeness (QED) is 0.463. The topological polar surface area (TPSA) is 62.7 Å². The number of aromatic amines is 1. The summed E-state index contributed by atoms with van der Waals surface area (Å²) in [6, 6.07) is 15.4. The maximum Gasteiger partial charge on any atom is 0.220 e. The molecule has 0 spiro atoms. The van der Waals surface area contributed by atoms with Crippen molar-refractivity contribution in [1.82, 2.24) is 19.9 Å². The fourth-order valence-electron chi connectivity index (χ4n) is 3.62. The van der Waals surface area contributed by atoms with Crippen LogP contribution in [0.2, 0.25) is 5.02 Å². The molecule has 1 atom stereocenters. The van der Waals surface area contributed by atoms with Crippen molar-refractivity contribution < 1.29 is 4.79 Å². The molecule has 2 heterocycles. The van der Waals surface area contributed by atoms with Gasteiger partial charge < -0.3 is 14.9 Å². The van der Waals surface area contributed by atoms with E-state index in [0.29, 0.717) is 11.4 Å². The summed E-state index contributed by atoms with van der Waals surface area (Å²) in [4.78, 5) is 20.4. The minimum Gasteiger partial charge on any atom is -0.361 e. The van der Waals surface area contributed by atoms with Crippen LogP contribution in [0.3, 0.4) is 0 Å². The van der Waals surface area contributed by atoms with E-state index in [0.717, 1.165) is 29.7 Å². The minimum absolute atomic E-state index is 0.00721. The lowest BCUT2D eigenvalue weighted by atomic mass is 10.0. The number of halogens is 1. The van der Waals surface area contributed by atoms with Gasteiger partial charge in [0, 0.05) is 48.0 Å². The number of carbonyl (C=O) groups excluding carboxylic acids is 1. The molecule has 4 rings (SSSR count). The number of rotatable bonds is 7. The first-order chi connectivity index (χ1) is 14.1. The Morgan fingerprint density at radius 3 is 2.76 bits per heavy atom. The number of aryl methyl sites for hydroxylation is 2. The molecule has 0 unspecified atom stereocenters. The molecular formula is C23H23ClN4O. The fraction of sp³-hybridized carbons (Fsp3) is 0.217. The highest BCUT2D eigenvalue weighted by molar-refractivity contribution is 6.30. The molecule has 0 saturated heterocycles. The molecule has 0 aliphatic heterocycles. The number of imidazole rings is 1. The van der Waals surface area contributed by atoms with Gasteiger partial charge in [-0.2, -0.15) is 0 Å². The van der Waals surface area contributed by atoms with E-state index in [4.69, 9.17) is 11.6 Å². The highest BCUT2D eigenvalue weighted by Gasteiger charge is 2.20. The van der Waals surface area contributed by atoms with E-state index in [1.54, 1.807) is 6.20 Å². The summed E-state index contributed by atoms with van der Waals surface area (Å²) >= 11 is 6.03. The largest absolute Gasteiger partial charge is 0.361 e. The van der Waals surface area contributed by atoms with E-state index < -0.39 is 0 Å². The third kappa shape index (κ3) is 4.35. The number of aromatic nitrogens is 3. The maximum atomic E-state index is 12.7. The average molecular weight is 407 g/mol. The van der Waals surface area contributed by atoms with Crippen molar-refractivity contribution in [3.05, 3.63) is 89.1 Å². The van der Waals surface area contributed by atoms with Gasteiger partial charge in [-0.05, 0) is 42.2 Å². The second-order valence-corrected chi connectivity index (χ2v) is 7.60. The number of hydrogen-bond acceptors (Lipinski definition) is 2. The van der Waals surface area contributed by atoms with E-state index in [1.807, 2.05) is 60.4 Å². The van der Waals surface area contributed by atoms with E-state index in [2.05, 4.69) is 27.4 Å². The van der Waals surface area contributed by atoms with Crippen LogP contribution in [0.5, 0.6) is 0 Å². The molecule has 0 radical (unpaired) electrons. The highest BCUT2D eigenvalue weighted by Crippen LogP contribution is 2.23. The molecule has 2 aromatic carbocycles. The summed E-state index contributed by atoms with van der Waals surface area (Å²) in [5.74, 6) is 0.796. The number of fused-ring (bicyclic) bond motifs is 1.